The second-order valence-electron chi connectivity index (χ2n) is 4.49. The minimum atomic E-state index is -4.42. The number of methoxy groups -OCH3 is 1. The Labute approximate surface area is 124 Å². The van der Waals surface area contributed by atoms with E-state index in [4.69, 9.17) is 9.94 Å². The molecule has 7 heteroatoms. The van der Waals surface area contributed by atoms with Gasteiger partial charge in [-0.25, -0.2) is 0 Å². The number of nitrogens with zero attached hydrogens (tertiary/aromatic N) is 2. The first-order chi connectivity index (χ1) is 10.4. The van der Waals surface area contributed by atoms with Crippen molar-refractivity contribution in [3.63, 3.8) is 0 Å². The largest absolute Gasteiger partial charge is 0.497 e. The number of halogens is 3. The van der Waals surface area contributed by atoms with Crippen molar-refractivity contribution in [3.05, 3.63) is 59.4 Å². The zero-order valence-corrected chi connectivity index (χ0v) is 11.6. The molecule has 0 atom stereocenters. The topological polar surface area (TPSA) is 54.7 Å². The molecular formula is C15H13F3N2O2. The van der Waals surface area contributed by atoms with Crippen molar-refractivity contribution in [1.82, 2.24) is 4.98 Å². The number of benzene rings is 1. The predicted octanol–water partition coefficient (Wildman–Crippen LogP) is 3.53. The van der Waals surface area contributed by atoms with Crippen LogP contribution in [0.15, 0.2) is 47.8 Å². The molecule has 0 unspecified atom stereocenters. The Hall–Kier alpha value is -2.57. The van der Waals surface area contributed by atoms with Gasteiger partial charge < -0.3 is 9.94 Å². The first kappa shape index (κ1) is 15.8. The summed E-state index contributed by atoms with van der Waals surface area (Å²) in [6.45, 7) is 0. The molecule has 0 spiro atoms. The Bertz CT molecular complexity index is 667. The number of alkyl halides is 3. The number of oxime groups is 1. The van der Waals surface area contributed by atoms with Crippen LogP contribution >= 0.6 is 0 Å². The maximum atomic E-state index is 12.5. The molecule has 1 aromatic heterocycles. The molecule has 2 aromatic rings. The summed E-state index contributed by atoms with van der Waals surface area (Å²) >= 11 is 0. The van der Waals surface area contributed by atoms with Crippen molar-refractivity contribution >= 4 is 5.71 Å². The predicted molar refractivity (Wildman–Crippen MR) is 74.3 cm³/mol. The van der Waals surface area contributed by atoms with Crippen LogP contribution in [0.4, 0.5) is 13.2 Å². The highest BCUT2D eigenvalue weighted by Crippen LogP contribution is 2.28. The van der Waals surface area contributed by atoms with Gasteiger partial charge in [-0.05, 0) is 24.3 Å². The molecule has 22 heavy (non-hydrogen) atoms. The lowest BCUT2D eigenvalue weighted by Crippen LogP contribution is -2.09. The van der Waals surface area contributed by atoms with Crippen molar-refractivity contribution in [2.24, 2.45) is 5.16 Å². The minimum Gasteiger partial charge on any atom is -0.497 e. The van der Waals surface area contributed by atoms with Crippen LogP contribution in [0.3, 0.4) is 0 Å². The third kappa shape index (κ3) is 3.75. The zero-order chi connectivity index (χ0) is 16.2. The van der Waals surface area contributed by atoms with Gasteiger partial charge in [-0.2, -0.15) is 13.2 Å². The summed E-state index contributed by atoms with van der Waals surface area (Å²) in [5.74, 6) is 0.582. The fourth-order valence-corrected chi connectivity index (χ4v) is 1.87. The average molecular weight is 310 g/mol. The smallest absolute Gasteiger partial charge is 0.417 e. The van der Waals surface area contributed by atoms with Crippen LogP contribution in [-0.4, -0.2) is 23.0 Å². The van der Waals surface area contributed by atoms with Gasteiger partial charge in [0, 0.05) is 23.9 Å². The molecule has 0 saturated heterocycles. The number of hydrogen-bond acceptors (Lipinski definition) is 4. The summed E-state index contributed by atoms with van der Waals surface area (Å²) in [6.07, 6.45) is -3.57. The monoisotopic (exact) mass is 310 g/mol. The Morgan fingerprint density at radius 1 is 1.27 bits per heavy atom. The Morgan fingerprint density at radius 3 is 2.59 bits per heavy atom. The molecule has 0 aliphatic carbocycles. The molecule has 1 N–H and O–H groups in total. The van der Waals surface area contributed by atoms with E-state index in [-0.39, 0.29) is 12.1 Å². The summed E-state index contributed by atoms with van der Waals surface area (Å²) in [5, 5.41) is 12.3. The number of pyridine rings is 1. The summed E-state index contributed by atoms with van der Waals surface area (Å²) in [5.41, 5.74) is 0.429. The summed E-state index contributed by atoms with van der Waals surface area (Å²) < 4.78 is 42.5. The van der Waals surface area contributed by atoms with Gasteiger partial charge in [0.15, 0.2) is 0 Å². The molecule has 4 nitrogen and oxygen atoms in total. The average Bonchev–Trinajstić information content (AvgIpc) is 2.52. The van der Waals surface area contributed by atoms with Crippen LogP contribution in [0.2, 0.25) is 0 Å². The molecular weight excluding hydrogens is 297 g/mol. The first-order valence-corrected chi connectivity index (χ1v) is 6.31. The van der Waals surface area contributed by atoms with Crippen LogP contribution in [0.25, 0.3) is 0 Å². The Morgan fingerprint density at radius 2 is 2.05 bits per heavy atom. The lowest BCUT2D eigenvalue weighted by molar-refractivity contribution is -0.137. The minimum absolute atomic E-state index is 0.0990. The third-order valence-electron chi connectivity index (χ3n) is 3.02. The van der Waals surface area contributed by atoms with E-state index in [2.05, 4.69) is 10.1 Å². The zero-order valence-electron chi connectivity index (χ0n) is 11.6. The molecule has 1 aromatic carbocycles. The molecule has 0 fully saturated rings. The Kier molecular flexibility index (Phi) is 4.65. The molecule has 2 rings (SSSR count). The van der Waals surface area contributed by atoms with E-state index in [1.165, 1.54) is 13.2 Å². The van der Waals surface area contributed by atoms with E-state index in [9.17, 15) is 13.2 Å². The van der Waals surface area contributed by atoms with Crippen molar-refractivity contribution in [2.45, 2.75) is 12.6 Å². The van der Waals surface area contributed by atoms with Crippen molar-refractivity contribution in [1.29, 1.82) is 0 Å². The second kappa shape index (κ2) is 6.46. The molecule has 0 aliphatic rings. The van der Waals surface area contributed by atoms with Gasteiger partial charge >= 0.3 is 6.18 Å². The van der Waals surface area contributed by atoms with E-state index in [1.807, 2.05) is 0 Å². The van der Waals surface area contributed by atoms with Gasteiger partial charge in [0.25, 0.3) is 0 Å². The highest BCUT2D eigenvalue weighted by Gasteiger charge is 2.30. The summed E-state index contributed by atoms with van der Waals surface area (Å²) in [4.78, 5) is 3.76. The molecule has 1 heterocycles. The number of aromatic nitrogens is 1. The molecule has 0 aliphatic heterocycles. The normalized spacial score (nSPS) is 12.3. The van der Waals surface area contributed by atoms with Gasteiger partial charge in [-0.1, -0.05) is 17.3 Å². The van der Waals surface area contributed by atoms with Crippen LogP contribution < -0.4 is 4.74 Å². The van der Waals surface area contributed by atoms with E-state index >= 15 is 0 Å². The highest BCUT2D eigenvalue weighted by atomic mass is 19.4. The van der Waals surface area contributed by atoms with Crippen molar-refractivity contribution in [2.75, 3.05) is 7.11 Å². The molecule has 0 bridgehead atoms. The van der Waals surface area contributed by atoms with Crippen molar-refractivity contribution < 1.29 is 23.1 Å². The SMILES string of the molecule is COc1cccc(C(Cc2ccc(C(F)(F)F)cn2)=NO)c1. The van der Waals surface area contributed by atoms with Crippen LogP contribution in [0, 0.1) is 0 Å². The van der Waals surface area contributed by atoms with E-state index < -0.39 is 11.7 Å². The van der Waals surface area contributed by atoms with Crippen LogP contribution in [-0.2, 0) is 12.6 Å². The number of ether oxygens (including phenoxy) is 1. The van der Waals surface area contributed by atoms with Gasteiger partial charge in [0.05, 0.1) is 18.4 Å². The fourth-order valence-electron chi connectivity index (χ4n) is 1.87. The standard InChI is InChI=1S/C15H13F3N2O2/c1-22-13-4-2-3-10(7-13)14(20-21)8-12-6-5-11(9-19-12)15(16,17)18/h2-7,9,21H,8H2,1H3. The lowest BCUT2D eigenvalue weighted by Gasteiger charge is -2.08. The Balaban J connectivity index is 2.20. The maximum Gasteiger partial charge on any atom is 0.417 e. The number of hydrogen-bond donors (Lipinski definition) is 1. The molecule has 116 valence electrons. The van der Waals surface area contributed by atoms with E-state index in [0.29, 0.717) is 17.0 Å². The molecule has 0 saturated carbocycles. The molecule has 0 radical (unpaired) electrons. The molecule has 0 amide bonds. The van der Waals surface area contributed by atoms with Gasteiger partial charge in [-0.3, -0.25) is 4.98 Å². The first-order valence-electron chi connectivity index (χ1n) is 6.31. The second-order valence-corrected chi connectivity index (χ2v) is 4.49. The highest BCUT2D eigenvalue weighted by molar-refractivity contribution is 6.01. The van der Waals surface area contributed by atoms with E-state index in [1.54, 1.807) is 24.3 Å². The van der Waals surface area contributed by atoms with Gasteiger partial charge in [0.1, 0.15) is 5.75 Å². The summed E-state index contributed by atoms with van der Waals surface area (Å²) in [7, 11) is 1.51. The van der Waals surface area contributed by atoms with Gasteiger partial charge in [0.2, 0.25) is 0 Å². The van der Waals surface area contributed by atoms with E-state index in [0.717, 1.165) is 12.3 Å². The lowest BCUT2D eigenvalue weighted by atomic mass is 10.0. The van der Waals surface area contributed by atoms with Crippen LogP contribution in [0.5, 0.6) is 5.75 Å². The quantitative estimate of drug-likeness (QED) is 0.534. The maximum absolute atomic E-state index is 12.5. The third-order valence-corrected chi connectivity index (χ3v) is 3.02. The summed E-state index contributed by atoms with van der Waals surface area (Å²) in [6, 6.07) is 9.03. The fraction of sp³-hybridized carbons (Fsp3) is 0.200. The van der Waals surface area contributed by atoms with Crippen molar-refractivity contribution in [3.8, 4) is 5.75 Å². The van der Waals surface area contributed by atoms with Crippen LogP contribution in [0.1, 0.15) is 16.8 Å². The van der Waals surface area contributed by atoms with Gasteiger partial charge in [-0.15, -0.1) is 0 Å². The number of rotatable bonds is 4.